The lowest BCUT2D eigenvalue weighted by atomic mass is 9.44. The molecule has 0 heterocycles. The number of ether oxygens (including phenoxy) is 1. The zero-order valence-electron chi connectivity index (χ0n) is 17.9. The predicted octanol–water partition coefficient (Wildman–Crippen LogP) is 2.44. The van der Waals surface area contributed by atoms with Crippen LogP contribution in [-0.2, 0) is 19.1 Å². The molecular formula is C23H31FO6. The van der Waals surface area contributed by atoms with Gasteiger partial charge in [0.1, 0.15) is 11.3 Å². The molecule has 0 bridgehead atoms. The van der Waals surface area contributed by atoms with Gasteiger partial charge < -0.3 is 14.9 Å². The van der Waals surface area contributed by atoms with Crippen molar-refractivity contribution in [2.24, 2.45) is 22.7 Å². The molecule has 4 aliphatic rings. The van der Waals surface area contributed by atoms with Crippen LogP contribution < -0.4 is 0 Å². The summed E-state index contributed by atoms with van der Waals surface area (Å²) < 4.78 is 21.8. The van der Waals surface area contributed by atoms with Gasteiger partial charge in [-0.1, -0.05) is 19.4 Å². The van der Waals surface area contributed by atoms with Crippen LogP contribution in [0.4, 0.5) is 4.39 Å². The Labute approximate surface area is 175 Å². The Morgan fingerprint density at radius 1 is 1.20 bits per heavy atom. The zero-order chi connectivity index (χ0) is 22.1. The highest BCUT2D eigenvalue weighted by Crippen LogP contribution is 2.70. The van der Waals surface area contributed by atoms with E-state index in [1.165, 1.54) is 6.92 Å². The lowest BCUT2D eigenvalue weighted by Gasteiger charge is -2.63. The highest BCUT2D eigenvalue weighted by molar-refractivity contribution is 5.92. The zero-order valence-corrected chi connectivity index (χ0v) is 17.9. The van der Waals surface area contributed by atoms with E-state index in [9.17, 15) is 24.6 Å². The van der Waals surface area contributed by atoms with E-state index < -0.39 is 52.5 Å². The summed E-state index contributed by atoms with van der Waals surface area (Å²) in [7, 11) is 0. The second-order valence-electron chi connectivity index (χ2n) is 10.2. The van der Waals surface area contributed by atoms with E-state index in [4.69, 9.17) is 4.74 Å². The molecule has 0 aromatic carbocycles. The standard InChI is InChI=1S/C23H31FO6/c1-13(25)30-12-19(28)22(29)9-7-16-17-5-4-14-10-15(26)6-8-20(14,2)23(17,24)18(27)11-21(16,22)3/h10,16-18,27,29H,4-9,11-12H2,1-3H3/t16-,17-,18+,20+,21-,22+,23-/m0/s1. The number of hydrogen-bond donors (Lipinski definition) is 2. The molecule has 7 heteroatoms. The number of aliphatic hydroxyl groups excluding tert-OH is 1. The fourth-order valence-corrected chi connectivity index (χ4v) is 7.32. The summed E-state index contributed by atoms with van der Waals surface area (Å²) in [6.45, 7) is 4.25. The van der Waals surface area contributed by atoms with E-state index in [1.807, 2.05) is 6.92 Å². The molecule has 4 rings (SSSR count). The van der Waals surface area contributed by atoms with Crippen LogP contribution >= 0.6 is 0 Å². The minimum Gasteiger partial charge on any atom is -0.458 e. The van der Waals surface area contributed by atoms with Crippen LogP contribution in [0.5, 0.6) is 0 Å². The maximum atomic E-state index is 16.9. The highest BCUT2D eigenvalue weighted by Gasteiger charge is 2.74. The Hall–Kier alpha value is -1.60. The van der Waals surface area contributed by atoms with Crippen LogP contribution in [0.25, 0.3) is 0 Å². The Balaban J connectivity index is 1.71. The van der Waals surface area contributed by atoms with Gasteiger partial charge in [-0.05, 0) is 50.5 Å². The number of esters is 1. The average molecular weight is 422 g/mol. The summed E-state index contributed by atoms with van der Waals surface area (Å²) in [6.07, 6.45) is 2.45. The maximum absolute atomic E-state index is 16.9. The lowest BCUT2D eigenvalue weighted by Crippen LogP contribution is -2.69. The summed E-state index contributed by atoms with van der Waals surface area (Å²) in [5.41, 5.74) is -4.83. The van der Waals surface area contributed by atoms with Crippen molar-refractivity contribution in [1.29, 1.82) is 0 Å². The number of carbonyl (C=O) groups is 3. The van der Waals surface area contributed by atoms with Gasteiger partial charge in [0, 0.05) is 30.1 Å². The third kappa shape index (κ3) is 2.57. The van der Waals surface area contributed by atoms with E-state index in [0.29, 0.717) is 25.7 Å². The van der Waals surface area contributed by atoms with Crippen LogP contribution in [-0.4, -0.2) is 51.7 Å². The monoisotopic (exact) mass is 422 g/mol. The normalized spacial score (nSPS) is 47.6. The van der Waals surface area contributed by atoms with Crippen LogP contribution in [0, 0.1) is 22.7 Å². The van der Waals surface area contributed by atoms with Crippen molar-refractivity contribution >= 4 is 17.5 Å². The summed E-state index contributed by atoms with van der Waals surface area (Å²) in [6, 6.07) is 0. The van der Waals surface area contributed by atoms with E-state index in [0.717, 1.165) is 5.57 Å². The van der Waals surface area contributed by atoms with E-state index in [-0.39, 0.29) is 31.0 Å². The van der Waals surface area contributed by atoms with E-state index in [2.05, 4.69) is 0 Å². The summed E-state index contributed by atoms with van der Waals surface area (Å²) >= 11 is 0. The van der Waals surface area contributed by atoms with Gasteiger partial charge in [-0.3, -0.25) is 14.4 Å². The molecular weight excluding hydrogens is 391 g/mol. The molecule has 0 aromatic rings. The maximum Gasteiger partial charge on any atom is 0.303 e. The number of ketones is 2. The van der Waals surface area contributed by atoms with Crippen LogP contribution in [0.2, 0.25) is 0 Å². The number of rotatable bonds is 3. The van der Waals surface area contributed by atoms with Gasteiger partial charge in [-0.15, -0.1) is 0 Å². The van der Waals surface area contributed by atoms with Crippen molar-refractivity contribution in [3.05, 3.63) is 11.6 Å². The van der Waals surface area contributed by atoms with E-state index >= 15 is 4.39 Å². The molecule has 0 unspecified atom stereocenters. The summed E-state index contributed by atoms with van der Waals surface area (Å²) in [4.78, 5) is 35.9. The predicted molar refractivity (Wildman–Crippen MR) is 105 cm³/mol. The minimum absolute atomic E-state index is 0.00553. The molecule has 0 spiro atoms. The van der Waals surface area contributed by atoms with Crippen molar-refractivity contribution in [2.45, 2.75) is 83.1 Å². The van der Waals surface area contributed by atoms with Gasteiger partial charge in [-0.25, -0.2) is 4.39 Å². The van der Waals surface area contributed by atoms with Crippen molar-refractivity contribution in [2.75, 3.05) is 6.61 Å². The number of aliphatic hydroxyl groups is 2. The number of halogens is 1. The van der Waals surface area contributed by atoms with Gasteiger partial charge in [-0.2, -0.15) is 0 Å². The summed E-state index contributed by atoms with van der Waals surface area (Å²) in [5.74, 6) is -1.99. The molecule has 6 nitrogen and oxygen atoms in total. The number of alkyl halides is 1. The number of fused-ring (bicyclic) bond motifs is 5. The van der Waals surface area contributed by atoms with Gasteiger partial charge in [0.15, 0.2) is 12.4 Å². The van der Waals surface area contributed by atoms with E-state index in [1.54, 1.807) is 13.0 Å². The molecule has 3 fully saturated rings. The highest BCUT2D eigenvalue weighted by atomic mass is 19.1. The van der Waals surface area contributed by atoms with Crippen LogP contribution in [0.3, 0.4) is 0 Å². The third-order valence-corrected chi connectivity index (χ3v) is 9.06. The Kier molecular flexibility index (Phi) is 4.83. The third-order valence-electron chi connectivity index (χ3n) is 9.06. The molecule has 2 N–H and O–H groups in total. The molecule has 0 amide bonds. The van der Waals surface area contributed by atoms with Crippen molar-refractivity contribution in [3.8, 4) is 0 Å². The van der Waals surface area contributed by atoms with Gasteiger partial charge in [0.05, 0.1) is 6.10 Å². The fraction of sp³-hybridized carbons (Fsp3) is 0.783. The van der Waals surface area contributed by atoms with Crippen molar-refractivity contribution in [1.82, 2.24) is 0 Å². The average Bonchev–Trinajstić information content (AvgIpc) is 2.94. The van der Waals surface area contributed by atoms with Crippen molar-refractivity contribution < 1.29 is 33.7 Å². The first-order chi connectivity index (χ1) is 13.9. The minimum atomic E-state index is -1.91. The molecule has 4 aliphatic carbocycles. The Morgan fingerprint density at radius 3 is 2.57 bits per heavy atom. The second-order valence-corrected chi connectivity index (χ2v) is 10.2. The molecule has 7 atom stereocenters. The largest absolute Gasteiger partial charge is 0.458 e. The Morgan fingerprint density at radius 2 is 1.90 bits per heavy atom. The molecule has 0 radical (unpaired) electrons. The second kappa shape index (κ2) is 6.70. The smallest absolute Gasteiger partial charge is 0.303 e. The fourth-order valence-electron chi connectivity index (χ4n) is 7.32. The molecule has 0 aromatic heterocycles. The molecule has 3 saturated carbocycles. The lowest BCUT2D eigenvalue weighted by molar-refractivity contribution is -0.227. The molecule has 0 aliphatic heterocycles. The van der Waals surface area contributed by atoms with Gasteiger partial charge in [0.2, 0.25) is 5.78 Å². The quantitative estimate of drug-likeness (QED) is 0.678. The van der Waals surface area contributed by atoms with Crippen LogP contribution in [0.1, 0.15) is 65.7 Å². The van der Waals surface area contributed by atoms with Gasteiger partial charge in [0.25, 0.3) is 0 Å². The number of hydrogen-bond acceptors (Lipinski definition) is 6. The van der Waals surface area contributed by atoms with Crippen LogP contribution in [0.15, 0.2) is 11.6 Å². The first kappa shape index (κ1) is 21.6. The number of Topliss-reactive ketones (excluding diaryl/α,β-unsaturated/α-hetero) is 1. The van der Waals surface area contributed by atoms with Gasteiger partial charge >= 0.3 is 5.97 Å². The first-order valence-electron chi connectivity index (χ1n) is 10.9. The first-order valence-corrected chi connectivity index (χ1v) is 10.9. The topological polar surface area (TPSA) is 101 Å². The SMILES string of the molecule is CC(=O)OCC(=O)[C@]1(O)CC[C@H]2[C@@H]3CCC4=CC(=O)CC[C@@]4(C)[C@@]3(F)[C@H](O)C[C@@]21C. The number of carbonyl (C=O) groups excluding carboxylic acids is 3. The molecule has 166 valence electrons. The van der Waals surface area contributed by atoms with Crippen molar-refractivity contribution in [3.63, 3.8) is 0 Å². The number of allylic oxidation sites excluding steroid dienone is 1. The molecule has 0 saturated heterocycles. The summed E-state index contributed by atoms with van der Waals surface area (Å²) in [5, 5.41) is 22.6. The molecule has 30 heavy (non-hydrogen) atoms. The Bertz CT molecular complexity index is 838.